The molecular formula is C30H43Si2Ti. The van der Waals surface area contributed by atoms with Crippen molar-refractivity contribution in [3.05, 3.63) is 101 Å². The molecule has 0 fully saturated rings. The van der Waals surface area contributed by atoms with Crippen molar-refractivity contribution < 1.29 is 21.7 Å². The fraction of sp³-hybridized carbons (Fsp3) is 0.367. The second-order valence-corrected chi connectivity index (χ2v) is 16.7. The number of benzene rings is 2. The van der Waals surface area contributed by atoms with Crippen LogP contribution in [0.15, 0.2) is 36.4 Å². The zero-order chi connectivity index (χ0) is 22.4. The van der Waals surface area contributed by atoms with E-state index in [0.29, 0.717) is 5.54 Å². The third kappa shape index (κ3) is 6.75. The molecule has 0 N–H and O–H groups in total. The molecule has 3 aromatic rings. The van der Waals surface area contributed by atoms with Crippen molar-refractivity contribution in [3.8, 4) is 0 Å². The first kappa shape index (κ1) is 31.9. The molecular weight excluding hydrogens is 464 g/mol. The van der Waals surface area contributed by atoms with Crippen molar-refractivity contribution in [1.82, 2.24) is 0 Å². The summed E-state index contributed by atoms with van der Waals surface area (Å²) in [7, 11) is -0.608. The first-order valence-electron chi connectivity index (χ1n) is 11.1. The standard InChI is InChI=1S/C28H37Si2.2CH3.Ti/c1-17-11-12-19(3)26(15-17)28(27-22(6)20(4)21(5)23(27)7)29-24-13-18(2)14-25(16-24)30(8,9)10;;;/h11-16,28H,1-10H3;2*1H3;/q3*-1;+3. The van der Waals surface area contributed by atoms with Crippen LogP contribution in [0.5, 0.6) is 0 Å². The molecule has 0 aliphatic rings. The zero-order valence-electron chi connectivity index (χ0n) is 23.0. The van der Waals surface area contributed by atoms with E-state index in [-0.39, 0.29) is 36.6 Å². The van der Waals surface area contributed by atoms with E-state index in [9.17, 15) is 0 Å². The van der Waals surface area contributed by atoms with Crippen molar-refractivity contribution in [1.29, 1.82) is 0 Å². The van der Waals surface area contributed by atoms with Crippen LogP contribution < -0.4 is 10.4 Å². The number of hydrogen-bond acceptors (Lipinski definition) is 0. The fourth-order valence-corrected chi connectivity index (χ4v) is 7.84. The van der Waals surface area contributed by atoms with E-state index in [2.05, 4.69) is 105 Å². The van der Waals surface area contributed by atoms with Gasteiger partial charge >= 0.3 is 21.7 Å². The van der Waals surface area contributed by atoms with Crippen LogP contribution in [0.25, 0.3) is 0 Å². The van der Waals surface area contributed by atoms with E-state index in [1.807, 2.05) is 0 Å². The summed E-state index contributed by atoms with van der Waals surface area (Å²) < 4.78 is 0. The van der Waals surface area contributed by atoms with E-state index in [4.69, 9.17) is 0 Å². The summed E-state index contributed by atoms with van der Waals surface area (Å²) in [4.78, 5) is 0. The Balaban J connectivity index is 0.00000341. The van der Waals surface area contributed by atoms with E-state index in [0.717, 1.165) is 9.52 Å². The van der Waals surface area contributed by atoms with Crippen molar-refractivity contribution in [3.63, 3.8) is 0 Å². The maximum atomic E-state index is 2.52. The Labute approximate surface area is 223 Å². The third-order valence-electron chi connectivity index (χ3n) is 6.78. The average Bonchev–Trinajstić information content (AvgIpc) is 2.84. The summed E-state index contributed by atoms with van der Waals surface area (Å²) in [6.45, 7) is 23.4. The van der Waals surface area contributed by atoms with Crippen LogP contribution in [0.3, 0.4) is 0 Å². The minimum Gasteiger partial charge on any atom is -0.358 e. The van der Waals surface area contributed by atoms with Gasteiger partial charge in [-0.15, -0.1) is 5.56 Å². The first-order chi connectivity index (χ1) is 13.9. The maximum Gasteiger partial charge on any atom is 3.00 e. The molecule has 1 atom stereocenters. The minimum absolute atomic E-state index is 0. The maximum absolute atomic E-state index is 2.52. The van der Waals surface area contributed by atoms with Crippen molar-refractivity contribution in [2.45, 2.75) is 73.6 Å². The molecule has 3 radical (unpaired) electrons. The molecule has 0 heterocycles. The summed E-state index contributed by atoms with van der Waals surface area (Å²) in [5, 5.41) is 3.08. The van der Waals surface area contributed by atoms with Gasteiger partial charge in [-0.05, 0) is 31.9 Å². The van der Waals surface area contributed by atoms with Crippen LogP contribution in [-0.2, 0) is 21.7 Å². The average molecular weight is 508 g/mol. The fourth-order valence-electron chi connectivity index (χ4n) is 4.52. The Bertz CT molecular complexity index is 1060. The smallest absolute Gasteiger partial charge is 0.358 e. The second-order valence-electron chi connectivity index (χ2n) is 10.2. The Hall–Kier alpha value is -1.06. The van der Waals surface area contributed by atoms with Gasteiger partial charge in [0, 0.05) is 0 Å². The van der Waals surface area contributed by atoms with Gasteiger partial charge in [0.25, 0.3) is 0 Å². The molecule has 33 heavy (non-hydrogen) atoms. The van der Waals surface area contributed by atoms with Crippen LogP contribution in [0, 0.1) is 63.3 Å². The minimum atomic E-state index is -1.35. The predicted octanol–water partition coefficient (Wildman–Crippen LogP) is 7.13. The number of rotatable bonds is 5. The van der Waals surface area contributed by atoms with Gasteiger partial charge in [0.05, 0.1) is 17.6 Å². The molecule has 0 bridgehead atoms. The van der Waals surface area contributed by atoms with Gasteiger partial charge in [-0.2, -0.15) is 22.3 Å². The molecule has 0 aromatic heterocycles. The summed E-state index contributed by atoms with van der Waals surface area (Å²) in [5.41, 5.74) is 13.6. The number of aryl methyl sites for hydroxylation is 3. The van der Waals surface area contributed by atoms with Gasteiger partial charge in [-0.3, -0.25) is 0 Å². The van der Waals surface area contributed by atoms with E-state index < -0.39 is 8.07 Å². The van der Waals surface area contributed by atoms with Crippen LogP contribution in [0.2, 0.25) is 19.6 Å². The first-order valence-corrected chi connectivity index (χ1v) is 15.7. The largest absolute Gasteiger partial charge is 3.00 e. The molecule has 0 spiro atoms. The van der Waals surface area contributed by atoms with E-state index in [1.54, 1.807) is 10.8 Å². The number of hydrogen-bond donors (Lipinski definition) is 0. The Kier molecular flexibility index (Phi) is 11.7. The van der Waals surface area contributed by atoms with Crippen LogP contribution in [-0.4, -0.2) is 17.6 Å². The molecule has 0 amide bonds. The van der Waals surface area contributed by atoms with Gasteiger partial charge in [0.1, 0.15) is 0 Å². The van der Waals surface area contributed by atoms with Gasteiger partial charge in [0.15, 0.2) is 0 Å². The van der Waals surface area contributed by atoms with Gasteiger partial charge in [0.2, 0.25) is 0 Å². The molecule has 0 saturated heterocycles. The zero-order valence-corrected chi connectivity index (χ0v) is 26.6. The predicted molar refractivity (Wildman–Crippen MR) is 151 cm³/mol. The van der Waals surface area contributed by atoms with Gasteiger partial charge in [-0.1, -0.05) is 111 Å². The molecule has 1 unspecified atom stereocenters. The molecule has 0 aliphatic heterocycles. The van der Waals surface area contributed by atoms with E-state index in [1.165, 1.54) is 49.7 Å². The third-order valence-corrected chi connectivity index (χ3v) is 10.3. The van der Waals surface area contributed by atoms with Crippen LogP contribution in [0.1, 0.15) is 55.6 Å². The Morgan fingerprint density at radius 3 is 1.79 bits per heavy atom. The topological polar surface area (TPSA) is 0 Å². The second kappa shape index (κ2) is 12.1. The van der Waals surface area contributed by atoms with Crippen molar-refractivity contribution >= 4 is 28.0 Å². The van der Waals surface area contributed by atoms with Crippen LogP contribution in [0.4, 0.5) is 0 Å². The summed E-state index contributed by atoms with van der Waals surface area (Å²) >= 11 is 0. The molecule has 3 rings (SSSR count). The molecule has 3 heteroatoms. The molecule has 0 nitrogen and oxygen atoms in total. The Morgan fingerprint density at radius 2 is 1.27 bits per heavy atom. The summed E-state index contributed by atoms with van der Waals surface area (Å²) in [6.07, 6.45) is 0. The van der Waals surface area contributed by atoms with E-state index >= 15 is 0 Å². The van der Waals surface area contributed by atoms with Crippen LogP contribution >= 0.6 is 0 Å². The Morgan fingerprint density at radius 1 is 0.727 bits per heavy atom. The quantitative estimate of drug-likeness (QED) is 0.255. The summed E-state index contributed by atoms with van der Waals surface area (Å²) in [6, 6.07) is 14.3. The van der Waals surface area contributed by atoms with Crippen molar-refractivity contribution in [2.24, 2.45) is 0 Å². The normalized spacial score (nSPS) is 11.8. The monoisotopic (exact) mass is 507 g/mol. The van der Waals surface area contributed by atoms with Crippen molar-refractivity contribution in [2.75, 3.05) is 0 Å². The molecule has 0 saturated carbocycles. The SMILES string of the molecule is Cc1cc([Si]C(c2cc(C)ccc2C)[c-]2c(C)c(C)c(C)c2C)cc([Si](C)(C)C)c1.[CH3-].[CH3-].[Ti+3]. The van der Waals surface area contributed by atoms with Gasteiger partial charge in [-0.25, -0.2) is 0 Å². The summed E-state index contributed by atoms with van der Waals surface area (Å²) in [5.74, 6) is 0. The molecule has 0 aliphatic carbocycles. The van der Waals surface area contributed by atoms with Gasteiger partial charge < -0.3 is 14.9 Å². The molecule has 175 valence electrons. The molecule has 3 aromatic carbocycles.